The minimum absolute atomic E-state index is 0.271. The zero-order chi connectivity index (χ0) is 26.5. The van der Waals surface area contributed by atoms with Crippen LogP contribution in [0.3, 0.4) is 0 Å². The van der Waals surface area contributed by atoms with Crippen molar-refractivity contribution in [2.45, 2.75) is 44.1 Å². The number of likely N-dealkylation sites (tertiary alicyclic amines) is 1. The fourth-order valence-electron chi connectivity index (χ4n) is 4.65. The highest BCUT2D eigenvalue weighted by atomic mass is 35.5. The number of carbonyl (C=O) groups excluding carboxylic acids is 2. The van der Waals surface area contributed by atoms with Crippen LogP contribution in [0.15, 0.2) is 66.9 Å². The number of hydrogen-bond acceptors (Lipinski definition) is 6. The van der Waals surface area contributed by atoms with E-state index < -0.39 is 30.1 Å². The molecule has 3 N–H and O–H groups in total. The number of nitrogens with zero attached hydrogens (tertiary/aromatic N) is 2. The smallest absolute Gasteiger partial charge is 0.255 e. The molecular weight excluding hydrogens is 494 g/mol. The molecule has 0 radical (unpaired) electrons. The lowest BCUT2D eigenvalue weighted by Gasteiger charge is -2.29. The van der Waals surface area contributed by atoms with E-state index in [0.717, 1.165) is 28.7 Å². The van der Waals surface area contributed by atoms with Crippen molar-refractivity contribution in [3.8, 4) is 17.0 Å². The third-order valence-corrected chi connectivity index (χ3v) is 6.87. The highest BCUT2D eigenvalue weighted by molar-refractivity contribution is 6.30. The maximum absolute atomic E-state index is 13.0. The fourth-order valence-corrected chi connectivity index (χ4v) is 4.84. The summed E-state index contributed by atoms with van der Waals surface area (Å²) in [5.41, 5.74) is 3.37. The van der Waals surface area contributed by atoms with E-state index in [1.807, 2.05) is 42.5 Å². The number of nitrogens with one attached hydrogen (secondary N) is 1. The summed E-state index contributed by atoms with van der Waals surface area (Å²) in [4.78, 5) is 31.5. The number of aliphatic hydroxyl groups is 2. The summed E-state index contributed by atoms with van der Waals surface area (Å²) in [5.74, 6) is -1.01. The second-order valence-corrected chi connectivity index (χ2v) is 9.48. The zero-order valence-electron chi connectivity index (χ0n) is 20.7. The average molecular weight is 524 g/mol. The van der Waals surface area contributed by atoms with Gasteiger partial charge in [0.25, 0.3) is 11.8 Å². The van der Waals surface area contributed by atoms with Crippen LogP contribution in [0.5, 0.6) is 5.88 Å². The Kier molecular flexibility index (Phi) is 8.43. The van der Waals surface area contributed by atoms with Crippen molar-refractivity contribution in [3.63, 3.8) is 0 Å². The van der Waals surface area contributed by atoms with Crippen molar-refractivity contribution in [2.24, 2.45) is 0 Å². The number of halogens is 1. The van der Waals surface area contributed by atoms with Crippen molar-refractivity contribution in [1.82, 2.24) is 15.2 Å². The molecule has 8 nitrogen and oxygen atoms in total. The standard InChI is InChI=1S/C28H30ClN3O5/c1-17(18-10-12-19(13-11-18)22-8-4-14-30-27(22)37-2)31-26(35)24(33)25(34)28(36)32-15-5-9-23(32)20-6-3-7-21(29)16-20/h3-4,6-8,10-14,16-17,23-25,33-34H,5,9,15H2,1-2H3,(H,31,35)/t17-,23-,24?,25-/m1/s1. The van der Waals surface area contributed by atoms with Gasteiger partial charge >= 0.3 is 0 Å². The molecular formula is C28H30ClN3O5. The summed E-state index contributed by atoms with van der Waals surface area (Å²) in [6.07, 6.45) is -0.684. The molecule has 0 saturated carbocycles. The molecule has 4 atom stereocenters. The Morgan fingerprint density at radius 2 is 1.86 bits per heavy atom. The third kappa shape index (κ3) is 5.93. The molecule has 2 amide bonds. The number of hydrogen-bond donors (Lipinski definition) is 3. The van der Waals surface area contributed by atoms with E-state index in [1.54, 1.807) is 38.4 Å². The second kappa shape index (κ2) is 11.7. The first-order chi connectivity index (χ1) is 17.8. The van der Waals surface area contributed by atoms with Gasteiger partial charge in [-0.25, -0.2) is 4.98 Å². The molecule has 2 heterocycles. The van der Waals surface area contributed by atoms with Gasteiger partial charge in [0.1, 0.15) is 0 Å². The molecule has 0 spiro atoms. The average Bonchev–Trinajstić information content (AvgIpc) is 3.42. The highest BCUT2D eigenvalue weighted by Crippen LogP contribution is 2.34. The summed E-state index contributed by atoms with van der Waals surface area (Å²) in [5, 5.41) is 24.3. The maximum Gasteiger partial charge on any atom is 0.255 e. The quantitative estimate of drug-likeness (QED) is 0.415. The van der Waals surface area contributed by atoms with Gasteiger partial charge in [0.05, 0.1) is 19.2 Å². The highest BCUT2D eigenvalue weighted by Gasteiger charge is 2.38. The Labute approximate surface area is 220 Å². The predicted octanol–water partition coefficient (Wildman–Crippen LogP) is 3.67. The Morgan fingerprint density at radius 3 is 2.57 bits per heavy atom. The van der Waals surface area contributed by atoms with E-state index in [1.165, 1.54) is 4.90 Å². The lowest BCUT2D eigenvalue weighted by atomic mass is 10.0. The first kappa shape index (κ1) is 26.6. The number of amides is 2. The van der Waals surface area contributed by atoms with Crippen LogP contribution < -0.4 is 10.1 Å². The Hall–Kier alpha value is -3.46. The first-order valence-corrected chi connectivity index (χ1v) is 12.5. The number of pyridine rings is 1. The molecule has 37 heavy (non-hydrogen) atoms. The van der Waals surface area contributed by atoms with Gasteiger partial charge in [-0.05, 0) is 60.7 Å². The van der Waals surface area contributed by atoms with E-state index >= 15 is 0 Å². The number of aliphatic hydroxyl groups excluding tert-OH is 2. The van der Waals surface area contributed by atoms with E-state index in [0.29, 0.717) is 23.9 Å². The molecule has 1 aromatic heterocycles. The van der Waals surface area contributed by atoms with Gasteiger partial charge < -0.3 is 25.2 Å². The number of carbonyl (C=O) groups is 2. The number of aromatic nitrogens is 1. The van der Waals surface area contributed by atoms with Gasteiger partial charge in [-0.15, -0.1) is 0 Å². The number of methoxy groups -OCH3 is 1. The Balaban J connectivity index is 1.39. The van der Waals surface area contributed by atoms with E-state index in [2.05, 4.69) is 10.3 Å². The number of rotatable bonds is 8. The predicted molar refractivity (Wildman–Crippen MR) is 140 cm³/mol. The number of ether oxygens (including phenoxy) is 1. The van der Waals surface area contributed by atoms with Crippen molar-refractivity contribution in [1.29, 1.82) is 0 Å². The summed E-state index contributed by atoms with van der Waals surface area (Å²) >= 11 is 6.10. The molecule has 9 heteroatoms. The van der Waals surface area contributed by atoms with Crippen molar-refractivity contribution in [2.75, 3.05) is 13.7 Å². The van der Waals surface area contributed by atoms with Crippen LogP contribution >= 0.6 is 11.6 Å². The largest absolute Gasteiger partial charge is 0.481 e. The third-order valence-electron chi connectivity index (χ3n) is 6.64. The summed E-state index contributed by atoms with van der Waals surface area (Å²) < 4.78 is 5.32. The van der Waals surface area contributed by atoms with Gasteiger partial charge in [-0.2, -0.15) is 0 Å². The molecule has 0 bridgehead atoms. The van der Waals surface area contributed by atoms with Gasteiger partial charge in [-0.1, -0.05) is 48.0 Å². The van der Waals surface area contributed by atoms with Crippen LogP contribution in [0.4, 0.5) is 0 Å². The lowest BCUT2D eigenvalue weighted by Crippen LogP contribution is -2.50. The van der Waals surface area contributed by atoms with Gasteiger partial charge in [0, 0.05) is 23.3 Å². The van der Waals surface area contributed by atoms with Gasteiger partial charge in [0.2, 0.25) is 5.88 Å². The molecule has 1 aliphatic heterocycles. The van der Waals surface area contributed by atoms with Crippen LogP contribution in [0.1, 0.15) is 43.0 Å². The molecule has 0 aliphatic carbocycles. The Morgan fingerprint density at radius 1 is 1.11 bits per heavy atom. The summed E-state index contributed by atoms with van der Waals surface area (Å²) in [7, 11) is 1.56. The molecule has 194 valence electrons. The van der Waals surface area contributed by atoms with Gasteiger partial charge in [-0.3, -0.25) is 9.59 Å². The SMILES string of the molecule is COc1ncccc1-c1ccc([C@@H](C)NC(=O)C(O)[C@@H](O)C(=O)N2CCC[C@@H]2c2cccc(Cl)c2)cc1. The van der Waals surface area contributed by atoms with Crippen LogP contribution in [0, 0.1) is 0 Å². The van der Waals surface area contributed by atoms with Crippen molar-refractivity contribution >= 4 is 23.4 Å². The monoisotopic (exact) mass is 523 g/mol. The normalized spacial score (nSPS) is 17.6. The maximum atomic E-state index is 13.0. The molecule has 1 saturated heterocycles. The van der Waals surface area contributed by atoms with E-state index in [9.17, 15) is 19.8 Å². The second-order valence-electron chi connectivity index (χ2n) is 9.05. The van der Waals surface area contributed by atoms with Crippen LogP contribution in [0.2, 0.25) is 5.02 Å². The summed E-state index contributed by atoms with van der Waals surface area (Å²) in [6.45, 7) is 2.18. The van der Waals surface area contributed by atoms with Crippen molar-refractivity contribution < 1.29 is 24.5 Å². The Bertz CT molecular complexity index is 1250. The number of benzene rings is 2. The van der Waals surface area contributed by atoms with E-state index in [4.69, 9.17) is 16.3 Å². The molecule has 1 unspecified atom stereocenters. The van der Waals surface area contributed by atoms with Crippen LogP contribution in [-0.4, -0.2) is 57.8 Å². The zero-order valence-corrected chi connectivity index (χ0v) is 21.4. The van der Waals surface area contributed by atoms with E-state index in [-0.39, 0.29) is 6.04 Å². The molecule has 2 aromatic carbocycles. The first-order valence-electron chi connectivity index (χ1n) is 12.1. The molecule has 3 aromatic rings. The molecule has 1 fully saturated rings. The van der Waals surface area contributed by atoms with Crippen LogP contribution in [0.25, 0.3) is 11.1 Å². The molecule has 4 rings (SSSR count). The minimum Gasteiger partial charge on any atom is -0.481 e. The van der Waals surface area contributed by atoms with Crippen LogP contribution in [-0.2, 0) is 9.59 Å². The minimum atomic E-state index is -1.91. The van der Waals surface area contributed by atoms with Crippen molar-refractivity contribution in [3.05, 3.63) is 83.0 Å². The van der Waals surface area contributed by atoms with Gasteiger partial charge in [0.15, 0.2) is 12.2 Å². The summed E-state index contributed by atoms with van der Waals surface area (Å²) in [6, 6.07) is 17.6. The molecule has 1 aliphatic rings. The lowest BCUT2D eigenvalue weighted by molar-refractivity contribution is -0.154. The fraction of sp³-hybridized carbons (Fsp3) is 0.321. The topological polar surface area (TPSA) is 112 Å².